The van der Waals surface area contributed by atoms with Gasteiger partial charge in [-0.25, -0.2) is 0 Å². The third kappa shape index (κ3) is 6.01. The SMILES string of the molecule is CC(CC(F)(F)F)NC(=O)Cc1ccc(C(N)=S)cc1. The van der Waals surface area contributed by atoms with Crippen LogP contribution in [0.25, 0.3) is 0 Å². The van der Waals surface area contributed by atoms with Gasteiger partial charge in [-0.1, -0.05) is 36.5 Å². The summed E-state index contributed by atoms with van der Waals surface area (Å²) < 4.78 is 36.4. The first-order chi connectivity index (χ1) is 9.17. The summed E-state index contributed by atoms with van der Waals surface area (Å²) in [5, 5.41) is 2.31. The number of nitrogens with two attached hydrogens (primary N) is 1. The van der Waals surface area contributed by atoms with Gasteiger partial charge >= 0.3 is 6.18 Å². The Hall–Kier alpha value is -1.63. The molecular formula is C13H15F3N2OS. The number of amides is 1. The van der Waals surface area contributed by atoms with Crippen molar-refractivity contribution in [2.45, 2.75) is 32.0 Å². The number of halogens is 3. The number of alkyl halides is 3. The first kappa shape index (κ1) is 16.4. The molecule has 7 heteroatoms. The number of benzene rings is 1. The van der Waals surface area contributed by atoms with Crippen LogP contribution in [0.5, 0.6) is 0 Å². The molecule has 0 saturated carbocycles. The Kier molecular flexibility index (Phi) is 5.50. The highest BCUT2D eigenvalue weighted by molar-refractivity contribution is 7.80. The standard InChI is InChI=1S/C13H15F3N2OS/c1-8(7-13(14,15)16)18-11(19)6-9-2-4-10(5-3-9)12(17)20/h2-5,8H,6-7H2,1H3,(H2,17,20)(H,18,19). The molecule has 1 rings (SSSR count). The van der Waals surface area contributed by atoms with Crippen LogP contribution in [-0.4, -0.2) is 23.1 Å². The average molecular weight is 304 g/mol. The second-order valence-electron chi connectivity index (χ2n) is 4.53. The van der Waals surface area contributed by atoms with E-state index in [1.807, 2.05) is 0 Å². The van der Waals surface area contributed by atoms with E-state index >= 15 is 0 Å². The second-order valence-corrected chi connectivity index (χ2v) is 4.97. The van der Waals surface area contributed by atoms with E-state index < -0.39 is 24.5 Å². The van der Waals surface area contributed by atoms with Gasteiger partial charge in [0.05, 0.1) is 12.8 Å². The number of carbonyl (C=O) groups excluding carboxylic acids is 1. The summed E-state index contributed by atoms with van der Waals surface area (Å²) in [6, 6.07) is 5.73. The molecule has 1 aromatic rings. The molecule has 1 amide bonds. The molecule has 3 nitrogen and oxygen atoms in total. The van der Waals surface area contributed by atoms with E-state index in [2.05, 4.69) is 5.32 Å². The van der Waals surface area contributed by atoms with Crippen LogP contribution in [0.1, 0.15) is 24.5 Å². The smallest absolute Gasteiger partial charge is 0.389 e. The Morgan fingerprint density at radius 1 is 1.35 bits per heavy atom. The van der Waals surface area contributed by atoms with Crippen molar-refractivity contribution in [3.05, 3.63) is 35.4 Å². The molecular weight excluding hydrogens is 289 g/mol. The van der Waals surface area contributed by atoms with E-state index in [1.54, 1.807) is 24.3 Å². The van der Waals surface area contributed by atoms with E-state index in [-0.39, 0.29) is 11.4 Å². The van der Waals surface area contributed by atoms with Gasteiger partial charge in [0.2, 0.25) is 5.91 Å². The number of thiocarbonyl (C=S) groups is 1. The Labute approximate surface area is 120 Å². The highest BCUT2D eigenvalue weighted by atomic mass is 32.1. The zero-order valence-electron chi connectivity index (χ0n) is 10.8. The molecule has 1 atom stereocenters. The number of nitrogens with one attached hydrogen (secondary N) is 1. The molecule has 0 radical (unpaired) electrons. The molecule has 3 N–H and O–H groups in total. The predicted molar refractivity (Wildman–Crippen MR) is 74.3 cm³/mol. The molecule has 0 spiro atoms. The summed E-state index contributed by atoms with van der Waals surface area (Å²) in [5.41, 5.74) is 6.79. The summed E-state index contributed by atoms with van der Waals surface area (Å²) in [5.74, 6) is -0.454. The van der Waals surface area contributed by atoms with Crippen molar-refractivity contribution in [2.75, 3.05) is 0 Å². The lowest BCUT2D eigenvalue weighted by molar-refractivity contribution is -0.141. The Balaban J connectivity index is 2.52. The fraction of sp³-hybridized carbons (Fsp3) is 0.385. The molecule has 1 unspecified atom stereocenters. The number of carbonyl (C=O) groups is 1. The minimum atomic E-state index is -4.29. The fourth-order valence-corrected chi connectivity index (χ4v) is 1.83. The van der Waals surface area contributed by atoms with E-state index in [0.717, 1.165) is 0 Å². The second kappa shape index (κ2) is 6.69. The fourth-order valence-electron chi connectivity index (χ4n) is 1.70. The third-order valence-corrected chi connectivity index (χ3v) is 2.78. The van der Waals surface area contributed by atoms with Gasteiger partial charge in [-0.15, -0.1) is 0 Å². The summed E-state index contributed by atoms with van der Waals surface area (Å²) in [6.45, 7) is 1.32. The highest BCUT2D eigenvalue weighted by Crippen LogP contribution is 2.21. The lowest BCUT2D eigenvalue weighted by Crippen LogP contribution is -2.36. The van der Waals surface area contributed by atoms with Crippen LogP contribution in [0.2, 0.25) is 0 Å². The summed E-state index contributed by atoms with van der Waals surface area (Å²) in [6.07, 6.45) is -5.32. The average Bonchev–Trinajstić information content (AvgIpc) is 2.26. The van der Waals surface area contributed by atoms with E-state index in [9.17, 15) is 18.0 Å². The molecule has 0 saturated heterocycles. The molecule has 0 fully saturated rings. The number of hydrogen-bond donors (Lipinski definition) is 2. The van der Waals surface area contributed by atoms with Gasteiger partial charge in [0, 0.05) is 11.6 Å². The van der Waals surface area contributed by atoms with Gasteiger partial charge in [-0.3, -0.25) is 4.79 Å². The van der Waals surface area contributed by atoms with Crippen LogP contribution >= 0.6 is 12.2 Å². The Bertz CT molecular complexity index is 485. The van der Waals surface area contributed by atoms with E-state index in [1.165, 1.54) is 6.92 Å². The Morgan fingerprint density at radius 2 is 1.90 bits per heavy atom. The van der Waals surface area contributed by atoms with Gasteiger partial charge < -0.3 is 11.1 Å². The van der Waals surface area contributed by atoms with Gasteiger partial charge in [-0.05, 0) is 12.5 Å². The minimum Gasteiger partial charge on any atom is -0.389 e. The van der Waals surface area contributed by atoms with Crippen LogP contribution < -0.4 is 11.1 Å². The van der Waals surface area contributed by atoms with Crippen molar-refractivity contribution in [3.8, 4) is 0 Å². The lowest BCUT2D eigenvalue weighted by atomic mass is 10.1. The maximum absolute atomic E-state index is 12.1. The summed E-state index contributed by atoms with van der Waals surface area (Å²) >= 11 is 4.79. The van der Waals surface area contributed by atoms with Crippen LogP contribution in [0.3, 0.4) is 0 Å². The van der Waals surface area contributed by atoms with Crippen molar-refractivity contribution in [3.63, 3.8) is 0 Å². The number of rotatable bonds is 5. The molecule has 20 heavy (non-hydrogen) atoms. The van der Waals surface area contributed by atoms with Gasteiger partial charge in [0.15, 0.2) is 0 Å². The van der Waals surface area contributed by atoms with Crippen LogP contribution in [0.15, 0.2) is 24.3 Å². The van der Waals surface area contributed by atoms with Crippen molar-refractivity contribution in [1.29, 1.82) is 0 Å². The lowest BCUT2D eigenvalue weighted by Gasteiger charge is -2.15. The van der Waals surface area contributed by atoms with Gasteiger partial charge in [-0.2, -0.15) is 13.2 Å². The predicted octanol–water partition coefficient (Wildman–Crippen LogP) is 2.32. The Morgan fingerprint density at radius 3 is 2.35 bits per heavy atom. The van der Waals surface area contributed by atoms with Crippen molar-refractivity contribution < 1.29 is 18.0 Å². The molecule has 0 aromatic heterocycles. The van der Waals surface area contributed by atoms with Crippen molar-refractivity contribution in [1.82, 2.24) is 5.32 Å². The third-order valence-electron chi connectivity index (χ3n) is 2.55. The number of hydrogen-bond acceptors (Lipinski definition) is 2. The quantitative estimate of drug-likeness (QED) is 0.821. The zero-order chi connectivity index (χ0) is 15.3. The molecule has 0 heterocycles. The molecule has 0 aliphatic carbocycles. The maximum Gasteiger partial charge on any atom is 0.391 e. The molecule has 0 bridgehead atoms. The van der Waals surface area contributed by atoms with Crippen LogP contribution in [0.4, 0.5) is 13.2 Å². The van der Waals surface area contributed by atoms with Crippen LogP contribution in [0, 0.1) is 0 Å². The first-order valence-electron chi connectivity index (χ1n) is 5.92. The maximum atomic E-state index is 12.1. The van der Waals surface area contributed by atoms with E-state index in [4.69, 9.17) is 18.0 Å². The molecule has 0 aliphatic heterocycles. The van der Waals surface area contributed by atoms with Gasteiger partial charge in [0.1, 0.15) is 4.99 Å². The van der Waals surface area contributed by atoms with Crippen molar-refractivity contribution in [2.24, 2.45) is 5.73 Å². The van der Waals surface area contributed by atoms with Gasteiger partial charge in [0.25, 0.3) is 0 Å². The normalized spacial score (nSPS) is 12.8. The molecule has 110 valence electrons. The monoisotopic (exact) mass is 304 g/mol. The minimum absolute atomic E-state index is 0.0137. The van der Waals surface area contributed by atoms with Crippen LogP contribution in [-0.2, 0) is 11.2 Å². The molecule has 1 aromatic carbocycles. The highest BCUT2D eigenvalue weighted by Gasteiger charge is 2.30. The summed E-state index contributed by atoms with van der Waals surface area (Å²) in [7, 11) is 0. The largest absolute Gasteiger partial charge is 0.391 e. The molecule has 0 aliphatic rings. The topological polar surface area (TPSA) is 55.1 Å². The van der Waals surface area contributed by atoms with Crippen molar-refractivity contribution >= 4 is 23.1 Å². The summed E-state index contributed by atoms with van der Waals surface area (Å²) in [4.78, 5) is 11.8. The first-order valence-corrected chi connectivity index (χ1v) is 6.33. The zero-order valence-corrected chi connectivity index (χ0v) is 11.6. The van der Waals surface area contributed by atoms with E-state index in [0.29, 0.717) is 11.1 Å².